The van der Waals surface area contributed by atoms with Gasteiger partial charge in [-0.15, -0.1) is 0 Å². The second-order valence-electron chi connectivity index (χ2n) is 6.13. The van der Waals surface area contributed by atoms with Gasteiger partial charge in [0.15, 0.2) is 21.3 Å². The Bertz CT molecular complexity index is 632. The van der Waals surface area contributed by atoms with Gasteiger partial charge in [-0.05, 0) is 0 Å². The molecule has 1 aliphatic rings. The van der Waals surface area contributed by atoms with Crippen molar-refractivity contribution in [2.24, 2.45) is 0 Å². The number of nitrogens with zero attached hydrogens (tertiary/aromatic N) is 2. The third-order valence-corrected chi connectivity index (χ3v) is 6.95. The standard InChI is InChI=1S/C13H20N2O3S3/c1-13(2,3)11-9(7-16)20-12(14-11)15-5-6-19-8-10(15)21(4,17)18/h7,10H,5-6,8H2,1-4H3. The van der Waals surface area contributed by atoms with Gasteiger partial charge in [0, 0.05) is 29.7 Å². The van der Waals surface area contributed by atoms with Gasteiger partial charge in [0.2, 0.25) is 0 Å². The Labute approximate surface area is 134 Å². The molecule has 1 saturated heterocycles. The number of sulfone groups is 1. The molecule has 1 aromatic heterocycles. The number of aldehydes is 1. The highest BCUT2D eigenvalue weighted by Gasteiger charge is 2.34. The molecular formula is C13H20N2O3S3. The van der Waals surface area contributed by atoms with Crippen LogP contribution in [0.15, 0.2) is 0 Å². The van der Waals surface area contributed by atoms with Crippen LogP contribution in [-0.2, 0) is 15.3 Å². The molecule has 0 aromatic carbocycles. The van der Waals surface area contributed by atoms with E-state index in [2.05, 4.69) is 4.98 Å². The maximum Gasteiger partial charge on any atom is 0.187 e. The van der Waals surface area contributed by atoms with Crippen molar-refractivity contribution in [3.05, 3.63) is 10.6 Å². The predicted octanol–water partition coefficient (Wildman–Crippen LogP) is 2.18. The van der Waals surface area contributed by atoms with E-state index in [0.717, 1.165) is 17.7 Å². The zero-order valence-electron chi connectivity index (χ0n) is 12.6. The minimum absolute atomic E-state index is 0.240. The summed E-state index contributed by atoms with van der Waals surface area (Å²) in [6, 6.07) is 0. The van der Waals surface area contributed by atoms with Crippen molar-refractivity contribution in [2.75, 3.05) is 29.2 Å². The molecule has 1 fully saturated rings. The van der Waals surface area contributed by atoms with Crippen molar-refractivity contribution in [1.82, 2.24) is 4.98 Å². The SMILES string of the molecule is CC(C)(C)c1nc(N2CCSCC2S(C)(=O)=O)sc1C=O. The first-order valence-electron chi connectivity index (χ1n) is 6.64. The number of carbonyl (C=O) groups excluding carboxylic acids is 1. The van der Waals surface area contributed by atoms with Crippen LogP contribution < -0.4 is 4.90 Å². The second-order valence-corrected chi connectivity index (χ2v) is 10.5. The number of carbonyl (C=O) groups is 1. The number of hydrogen-bond acceptors (Lipinski definition) is 7. The van der Waals surface area contributed by atoms with Gasteiger partial charge in [0.05, 0.1) is 10.6 Å². The second kappa shape index (κ2) is 5.89. The molecule has 1 unspecified atom stereocenters. The van der Waals surface area contributed by atoms with E-state index < -0.39 is 15.2 Å². The van der Waals surface area contributed by atoms with Crippen molar-refractivity contribution in [1.29, 1.82) is 0 Å². The van der Waals surface area contributed by atoms with Crippen molar-refractivity contribution in [3.8, 4) is 0 Å². The summed E-state index contributed by atoms with van der Waals surface area (Å²) in [4.78, 5) is 18.3. The van der Waals surface area contributed by atoms with E-state index >= 15 is 0 Å². The Morgan fingerprint density at radius 2 is 2.05 bits per heavy atom. The Morgan fingerprint density at radius 1 is 1.38 bits per heavy atom. The average molecular weight is 349 g/mol. The van der Waals surface area contributed by atoms with Gasteiger partial charge in [0.25, 0.3) is 0 Å². The monoisotopic (exact) mass is 348 g/mol. The summed E-state index contributed by atoms with van der Waals surface area (Å²) in [6.07, 6.45) is 2.07. The molecule has 1 aliphatic heterocycles. The van der Waals surface area contributed by atoms with Crippen LogP contribution >= 0.6 is 23.1 Å². The van der Waals surface area contributed by atoms with Gasteiger partial charge >= 0.3 is 0 Å². The molecule has 0 bridgehead atoms. The fourth-order valence-electron chi connectivity index (χ4n) is 2.21. The molecule has 0 radical (unpaired) electrons. The highest BCUT2D eigenvalue weighted by molar-refractivity contribution is 8.01. The Morgan fingerprint density at radius 3 is 2.52 bits per heavy atom. The van der Waals surface area contributed by atoms with Crippen LogP contribution in [0.3, 0.4) is 0 Å². The van der Waals surface area contributed by atoms with Crippen LogP contribution in [0.1, 0.15) is 36.1 Å². The first-order valence-corrected chi connectivity index (χ1v) is 10.6. The van der Waals surface area contributed by atoms with Crippen molar-refractivity contribution < 1.29 is 13.2 Å². The van der Waals surface area contributed by atoms with Crippen LogP contribution in [0.25, 0.3) is 0 Å². The maximum atomic E-state index is 12.0. The summed E-state index contributed by atoms with van der Waals surface area (Å²) in [6.45, 7) is 6.63. The molecule has 0 amide bonds. The lowest BCUT2D eigenvalue weighted by Crippen LogP contribution is -2.47. The fraction of sp³-hybridized carbons (Fsp3) is 0.692. The molecule has 5 nitrogen and oxygen atoms in total. The smallest absolute Gasteiger partial charge is 0.187 e. The fourth-order valence-corrected chi connectivity index (χ4v) is 6.27. The zero-order valence-corrected chi connectivity index (χ0v) is 15.1. The Hall–Kier alpha value is -0.600. The van der Waals surface area contributed by atoms with Crippen LogP contribution in [0.4, 0.5) is 5.13 Å². The molecule has 0 saturated carbocycles. The topological polar surface area (TPSA) is 67.3 Å². The Kier molecular flexibility index (Phi) is 4.70. The molecular weight excluding hydrogens is 328 g/mol. The predicted molar refractivity (Wildman–Crippen MR) is 89.5 cm³/mol. The summed E-state index contributed by atoms with van der Waals surface area (Å²) >= 11 is 2.92. The number of anilines is 1. The summed E-state index contributed by atoms with van der Waals surface area (Å²) < 4.78 is 24.0. The summed E-state index contributed by atoms with van der Waals surface area (Å²) in [7, 11) is -3.19. The van der Waals surface area contributed by atoms with Crippen LogP contribution in [0.5, 0.6) is 0 Å². The molecule has 1 aromatic rings. The number of thiazole rings is 1. The van der Waals surface area contributed by atoms with E-state index in [4.69, 9.17) is 0 Å². The lowest BCUT2D eigenvalue weighted by atomic mass is 9.91. The van der Waals surface area contributed by atoms with E-state index in [0.29, 0.717) is 22.3 Å². The minimum Gasteiger partial charge on any atom is -0.329 e. The van der Waals surface area contributed by atoms with Crippen molar-refractivity contribution in [3.63, 3.8) is 0 Å². The molecule has 2 heterocycles. The van der Waals surface area contributed by atoms with Crippen molar-refractivity contribution in [2.45, 2.75) is 31.6 Å². The van der Waals surface area contributed by atoms with E-state index in [1.54, 1.807) is 11.8 Å². The summed E-state index contributed by atoms with van der Waals surface area (Å²) in [5.74, 6) is 1.41. The number of aromatic nitrogens is 1. The van der Waals surface area contributed by atoms with E-state index in [9.17, 15) is 13.2 Å². The third kappa shape index (κ3) is 3.60. The zero-order chi connectivity index (χ0) is 15.8. The first kappa shape index (κ1) is 16.8. The van der Waals surface area contributed by atoms with E-state index in [1.165, 1.54) is 17.6 Å². The van der Waals surface area contributed by atoms with Crippen molar-refractivity contribution >= 4 is 44.4 Å². The van der Waals surface area contributed by atoms with E-state index in [-0.39, 0.29) is 5.41 Å². The molecule has 0 aliphatic carbocycles. The maximum absolute atomic E-state index is 12.0. The number of thioether (sulfide) groups is 1. The van der Waals surface area contributed by atoms with E-state index in [1.807, 2.05) is 25.7 Å². The average Bonchev–Trinajstić information content (AvgIpc) is 2.81. The largest absolute Gasteiger partial charge is 0.329 e. The minimum atomic E-state index is -3.19. The van der Waals surface area contributed by atoms with Gasteiger partial charge in [-0.3, -0.25) is 4.79 Å². The molecule has 8 heteroatoms. The van der Waals surface area contributed by atoms with Crippen LogP contribution in [0.2, 0.25) is 0 Å². The van der Waals surface area contributed by atoms with Gasteiger partial charge in [-0.2, -0.15) is 11.8 Å². The van der Waals surface area contributed by atoms with Gasteiger partial charge in [-0.1, -0.05) is 32.1 Å². The quantitative estimate of drug-likeness (QED) is 0.780. The molecule has 21 heavy (non-hydrogen) atoms. The molecule has 0 spiro atoms. The normalized spacial score (nSPS) is 20.6. The van der Waals surface area contributed by atoms with Gasteiger partial charge in [-0.25, -0.2) is 13.4 Å². The van der Waals surface area contributed by atoms with Gasteiger partial charge in [0.1, 0.15) is 5.37 Å². The molecule has 1 atom stereocenters. The third-order valence-electron chi connectivity index (χ3n) is 3.28. The first-order chi connectivity index (χ1) is 9.64. The number of rotatable bonds is 3. The van der Waals surface area contributed by atoms with Crippen LogP contribution in [-0.4, -0.2) is 49.4 Å². The molecule has 118 valence electrons. The number of hydrogen-bond donors (Lipinski definition) is 0. The summed E-state index contributed by atoms with van der Waals surface area (Å²) in [5.41, 5.74) is 0.499. The lowest BCUT2D eigenvalue weighted by Gasteiger charge is -2.33. The highest BCUT2D eigenvalue weighted by atomic mass is 32.2. The Balaban J connectivity index is 2.45. The lowest BCUT2D eigenvalue weighted by molar-refractivity contribution is 0.112. The molecule has 2 rings (SSSR count). The van der Waals surface area contributed by atoms with Gasteiger partial charge < -0.3 is 4.90 Å². The summed E-state index contributed by atoms with van der Waals surface area (Å²) in [5, 5.41) is 0.0764. The molecule has 0 N–H and O–H groups in total. The highest BCUT2D eigenvalue weighted by Crippen LogP contribution is 2.35. The van der Waals surface area contributed by atoms with Crippen LogP contribution in [0, 0.1) is 0 Å².